The molecule has 0 aliphatic carbocycles. The molecule has 0 radical (unpaired) electrons. The van der Waals surface area contributed by atoms with Crippen LogP contribution in [0.3, 0.4) is 0 Å². The van der Waals surface area contributed by atoms with Crippen LogP contribution >= 0.6 is 0 Å². The van der Waals surface area contributed by atoms with Crippen molar-refractivity contribution in [3.63, 3.8) is 0 Å². The zero-order valence-corrected chi connectivity index (χ0v) is 8.74. The van der Waals surface area contributed by atoms with Gasteiger partial charge in [-0.1, -0.05) is 0 Å². The van der Waals surface area contributed by atoms with Crippen molar-refractivity contribution in [2.45, 2.75) is 6.92 Å². The van der Waals surface area contributed by atoms with Crippen LogP contribution < -0.4 is 10.5 Å². The van der Waals surface area contributed by atoms with E-state index >= 15 is 0 Å². The van der Waals surface area contributed by atoms with Crippen LogP contribution in [0.4, 0.5) is 5.69 Å². The summed E-state index contributed by atoms with van der Waals surface area (Å²) in [6.45, 7) is 2.01. The fourth-order valence-electron chi connectivity index (χ4n) is 1.55. The molecule has 1 heterocycles. The van der Waals surface area contributed by atoms with Crippen molar-refractivity contribution < 1.29 is 4.74 Å². The van der Waals surface area contributed by atoms with Crippen LogP contribution in [-0.2, 0) is 0 Å². The number of anilines is 1. The highest BCUT2D eigenvalue weighted by atomic mass is 16.5. The van der Waals surface area contributed by atoms with Gasteiger partial charge in [-0.3, -0.25) is 5.10 Å². The molecule has 15 heavy (non-hydrogen) atoms. The van der Waals surface area contributed by atoms with Gasteiger partial charge in [0.15, 0.2) is 0 Å². The minimum Gasteiger partial charge on any atom is -0.497 e. The number of aryl methyl sites for hydroxylation is 1. The minimum absolute atomic E-state index is 0.656. The van der Waals surface area contributed by atoms with Crippen molar-refractivity contribution in [3.8, 4) is 17.0 Å². The van der Waals surface area contributed by atoms with E-state index in [1.165, 1.54) is 0 Å². The maximum Gasteiger partial charge on any atom is 0.119 e. The lowest BCUT2D eigenvalue weighted by Gasteiger charge is -2.06. The first-order chi connectivity index (χ1) is 7.22. The molecule has 0 saturated heterocycles. The fraction of sp³-hybridized carbons (Fsp3) is 0.182. The lowest BCUT2D eigenvalue weighted by atomic mass is 10.0. The average Bonchev–Trinajstić information content (AvgIpc) is 2.64. The van der Waals surface area contributed by atoms with Crippen molar-refractivity contribution in [2.24, 2.45) is 0 Å². The first-order valence-electron chi connectivity index (χ1n) is 4.66. The highest BCUT2D eigenvalue weighted by Crippen LogP contribution is 2.28. The Morgan fingerprint density at radius 2 is 2.20 bits per heavy atom. The van der Waals surface area contributed by atoms with Crippen molar-refractivity contribution >= 4 is 5.69 Å². The molecular formula is C11H13N3O. The Hall–Kier alpha value is -1.97. The van der Waals surface area contributed by atoms with E-state index in [-0.39, 0.29) is 0 Å². The quantitative estimate of drug-likeness (QED) is 0.784. The van der Waals surface area contributed by atoms with E-state index < -0.39 is 0 Å². The van der Waals surface area contributed by atoms with Gasteiger partial charge in [-0.2, -0.15) is 5.10 Å². The molecule has 4 nitrogen and oxygen atoms in total. The molecule has 0 spiro atoms. The second-order valence-electron chi connectivity index (χ2n) is 3.38. The zero-order chi connectivity index (χ0) is 10.8. The van der Waals surface area contributed by atoms with Crippen molar-refractivity contribution in [1.29, 1.82) is 0 Å². The van der Waals surface area contributed by atoms with Crippen LogP contribution in [0, 0.1) is 6.92 Å². The topological polar surface area (TPSA) is 63.9 Å². The van der Waals surface area contributed by atoms with Crippen LogP contribution in [0.1, 0.15) is 5.56 Å². The summed E-state index contributed by atoms with van der Waals surface area (Å²) in [5.41, 5.74) is 9.45. The van der Waals surface area contributed by atoms with Crippen LogP contribution in [0.2, 0.25) is 0 Å². The van der Waals surface area contributed by atoms with E-state index in [0.717, 1.165) is 22.6 Å². The summed E-state index contributed by atoms with van der Waals surface area (Å²) in [4.78, 5) is 0. The first-order valence-corrected chi connectivity index (χ1v) is 4.66. The molecule has 2 rings (SSSR count). The zero-order valence-electron chi connectivity index (χ0n) is 8.74. The third kappa shape index (κ3) is 1.66. The minimum atomic E-state index is 0.656. The van der Waals surface area contributed by atoms with Gasteiger partial charge in [0.1, 0.15) is 5.75 Å². The molecule has 0 amide bonds. The standard InChI is InChI=1S/C11H13N3O/c1-7-5-8(15-2)3-4-9(7)11-10(12)6-13-14-11/h3-6H,12H2,1-2H3,(H,13,14). The Bertz CT molecular complexity index is 476. The van der Waals surface area contributed by atoms with Gasteiger partial charge < -0.3 is 10.5 Å². The normalized spacial score (nSPS) is 10.3. The molecular weight excluding hydrogens is 190 g/mol. The highest BCUT2D eigenvalue weighted by molar-refractivity contribution is 5.74. The Balaban J connectivity index is 2.50. The number of methoxy groups -OCH3 is 1. The molecule has 4 heteroatoms. The summed E-state index contributed by atoms with van der Waals surface area (Å²) in [5.74, 6) is 0.842. The Kier molecular flexibility index (Phi) is 2.33. The van der Waals surface area contributed by atoms with E-state index in [2.05, 4.69) is 10.2 Å². The lowest BCUT2D eigenvalue weighted by molar-refractivity contribution is 0.414. The molecule has 0 atom stereocenters. The molecule has 3 N–H and O–H groups in total. The number of H-pyrrole nitrogens is 1. The summed E-state index contributed by atoms with van der Waals surface area (Å²) in [6, 6.07) is 5.84. The molecule has 0 saturated carbocycles. The predicted octanol–water partition coefficient (Wildman–Crippen LogP) is 1.98. The second kappa shape index (κ2) is 3.65. The maximum absolute atomic E-state index is 5.79. The number of nitrogens with zero attached hydrogens (tertiary/aromatic N) is 1. The second-order valence-corrected chi connectivity index (χ2v) is 3.38. The Labute approximate surface area is 88.1 Å². The van der Waals surface area contributed by atoms with E-state index in [0.29, 0.717) is 5.69 Å². The van der Waals surface area contributed by atoms with E-state index in [1.807, 2.05) is 25.1 Å². The summed E-state index contributed by atoms with van der Waals surface area (Å²) in [6.07, 6.45) is 1.61. The third-order valence-electron chi connectivity index (χ3n) is 2.37. The number of hydrogen-bond acceptors (Lipinski definition) is 3. The van der Waals surface area contributed by atoms with Crippen LogP contribution in [0.15, 0.2) is 24.4 Å². The first kappa shape index (κ1) is 9.58. The van der Waals surface area contributed by atoms with Crippen LogP contribution in [0.25, 0.3) is 11.3 Å². The fourth-order valence-corrected chi connectivity index (χ4v) is 1.55. The summed E-state index contributed by atoms with van der Waals surface area (Å²) >= 11 is 0. The number of hydrogen-bond donors (Lipinski definition) is 2. The lowest BCUT2D eigenvalue weighted by Crippen LogP contribution is -1.91. The number of rotatable bonds is 2. The van der Waals surface area contributed by atoms with Gasteiger partial charge >= 0.3 is 0 Å². The number of ether oxygens (including phenoxy) is 1. The highest BCUT2D eigenvalue weighted by Gasteiger charge is 2.07. The smallest absolute Gasteiger partial charge is 0.119 e. The van der Waals surface area contributed by atoms with Gasteiger partial charge in [-0.25, -0.2) is 0 Å². The number of nitrogens with one attached hydrogen (secondary N) is 1. The largest absolute Gasteiger partial charge is 0.497 e. The van der Waals surface area contributed by atoms with Gasteiger partial charge in [-0.15, -0.1) is 0 Å². The maximum atomic E-state index is 5.79. The van der Waals surface area contributed by atoms with Gasteiger partial charge in [0, 0.05) is 5.56 Å². The molecule has 0 fully saturated rings. The van der Waals surface area contributed by atoms with Crippen LogP contribution in [0.5, 0.6) is 5.75 Å². The summed E-state index contributed by atoms with van der Waals surface area (Å²) in [7, 11) is 1.65. The number of aromatic amines is 1. The third-order valence-corrected chi connectivity index (χ3v) is 2.37. The Morgan fingerprint density at radius 1 is 1.40 bits per heavy atom. The molecule has 0 aliphatic heterocycles. The summed E-state index contributed by atoms with van der Waals surface area (Å²) < 4.78 is 5.14. The molecule has 2 aromatic rings. The monoisotopic (exact) mass is 203 g/mol. The van der Waals surface area contributed by atoms with Crippen molar-refractivity contribution in [1.82, 2.24) is 10.2 Å². The summed E-state index contributed by atoms with van der Waals surface area (Å²) in [5, 5.41) is 6.78. The van der Waals surface area contributed by atoms with E-state index in [4.69, 9.17) is 10.5 Å². The molecule has 78 valence electrons. The number of nitrogens with two attached hydrogens (primary N) is 1. The van der Waals surface area contributed by atoms with Gasteiger partial charge in [0.25, 0.3) is 0 Å². The molecule has 0 aliphatic rings. The molecule has 1 aromatic heterocycles. The van der Waals surface area contributed by atoms with Gasteiger partial charge in [-0.05, 0) is 30.7 Å². The number of aromatic nitrogens is 2. The number of benzene rings is 1. The van der Waals surface area contributed by atoms with Crippen molar-refractivity contribution in [2.75, 3.05) is 12.8 Å². The van der Waals surface area contributed by atoms with E-state index in [9.17, 15) is 0 Å². The SMILES string of the molecule is COc1ccc(-c2[nH]ncc2N)c(C)c1. The van der Waals surface area contributed by atoms with Crippen molar-refractivity contribution in [3.05, 3.63) is 30.0 Å². The van der Waals surface area contributed by atoms with Gasteiger partial charge in [0.2, 0.25) is 0 Å². The Morgan fingerprint density at radius 3 is 2.73 bits per heavy atom. The molecule has 0 bridgehead atoms. The average molecular weight is 203 g/mol. The van der Waals surface area contributed by atoms with E-state index in [1.54, 1.807) is 13.3 Å². The number of nitrogen functional groups attached to an aromatic ring is 1. The molecule has 1 aromatic carbocycles. The van der Waals surface area contributed by atoms with Crippen LogP contribution in [-0.4, -0.2) is 17.3 Å². The predicted molar refractivity (Wildman–Crippen MR) is 59.7 cm³/mol. The molecule has 0 unspecified atom stereocenters. The van der Waals surface area contributed by atoms with Gasteiger partial charge in [0.05, 0.1) is 24.7 Å².